The second kappa shape index (κ2) is 9.60. The van der Waals surface area contributed by atoms with Gasteiger partial charge in [0, 0.05) is 41.1 Å². The van der Waals surface area contributed by atoms with Gasteiger partial charge in [-0.1, -0.05) is 34.4 Å². The van der Waals surface area contributed by atoms with Gasteiger partial charge in [0.15, 0.2) is 5.60 Å². The number of nitrogens with zero attached hydrogens (tertiary/aromatic N) is 3. The number of benzene rings is 2. The summed E-state index contributed by atoms with van der Waals surface area (Å²) in [5, 5.41) is 6.45. The number of rotatable bonds is 5. The van der Waals surface area contributed by atoms with Gasteiger partial charge in [-0.2, -0.15) is 0 Å². The van der Waals surface area contributed by atoms with Gasteiger partial charge in [0.25, 0.3) is 11.8 Å². The van der Waals surface area contributed by atoms with Crippen molar-refractivity contribution in [2.24, 2.45) is 5.16 Å². The Bertz CT molecular complexity index is 1230. The molecule has 184 valence electrons. The van der Waals surface area contributed by atoms with E-state index >= 15 is 0 Å². The molecule has 0 saturated carbocycles. The van der Waals surface area contributed by atoms with E-state index in [4.69, 9.17) is 32.9 Å². The molecule has 0 aromatic heterocycles. The molecule has 2 aliphatic heterocycles. The van der Waals surface area contributed by atoms with Crippen molar-refractivity contribution in [2.45, 2.75) is 45.8 Å². The number of halogens is 2. The third kappa shape index (κ3) is 4.78. The lowest BCUT2D eigenvalue weighted by atomic mass is 9.88. The van der Waals surface area contributed by atoms with Crippen LogP contribution in [0.3, 0.4) is 0 Å². The minimum absolute atomic E-state index is 0.0601. The molecule has 2 atom stereocenters. The van der Waals surface area contributed by atoms with E-state index in [1.165, 1.54) is 6.92 Å². The van der Waals surface area contributed by atoms with Crippen LogP contribution in [0.1, 0.15) is 54.2 Å². The number of hydrogen-bond donors (Lipinski definition) is 0. The minimum atomic E-state index is -0.989. The molecule has 2 aliphatic rings. The highest BCUT2D eigenvalue weighted by atomic mass is 35.5. The third-order valence-corrected chi connectivity index (χ3v) is 6.64. The van der Waals surface area contributed by atoms with Crippen LogP contribution in [0, 0.1) is 6.92 Å². The topological polar surface area (TPSA) is 88.5 Å². The lowest BCUT2D eigenvalue weighted by Crippen LogP contribution is -2.49. The smallest absolute Gasteiger partial charge is 0.271 e. The quantitative estimate of drug-likeness (QED) is 0.582. The van der Waals surface area contributed by atoms with Crippen molar-refractivity contribution in [3.05, 3.63) is 68.7 Å². The Hall–Kier alpha value is -2.94. The molecule has 35 heavy (non-hydrogen) atoms. The zero-order chi connectivity index (χ0) is 25.5. The monoisotopic (exact) mass is 517 g/mol. The van der Waals surface area contributed by atoms with Crippen LogP contribution in [-0.4, -0.2) is 52.6 Å². The van der Waals surface area contributed by atoms with E-state index in [0.29, 0.717) is 39.8 Å². The molecule has 8 nitrogen and oxygen atoms in total. The van der Waals surface area contributed by atoms with Gasteiger partial charge in [0.1, 0.15) is 12.6 Å². The van der Waals surface area contributed by atoms with E-state index in [-0.39, 0.29) is 6.61 Å². The number of hydrogen-bond acceptors (Lipinski definition) is 6. The van der Waals surface area contributed by atoms with Gasteiger partial charge in [-0.3, -0.25) is 24.1 Å². The number of aryl methyl sites for hydroxylation is 1. The summed E-state index contributed by atoms with van der Waals surface area (Å²) < 4.78 is 0. The molecule has 3 amide bonds. The van der Waals surface area contributed by atoms with Crippen LogP contribution < -0.4 is 0 Å². The SMILES string of the molecule is CCN1OC[C@@H](N(C(C)=O)C(=O)c2ccc(C3=NOC(C)(c4cc(Cl)cc(Cl)c4)C3)cc2C)C1=O. The van der Waals surface area contributed by atoms with Crippen LogP contribution in [0.4, 0.5) is 0 Å². The van der Waals surface area contributed by atoms with E-state index in [1.54, 1.807) is 44.2 Å². The zero-order valence-electron chi connectivity index (χ0n) is 19.8. The van der Waals surface area contributed by atoms with Crippen molar-refractivity contribution in [1.29, 1.82) is 0 Å². The fourth-order valence-electron chi connectivity index (χ4n) is 4.32. The molecule has 1 fully saturated rings. The van der Waals surface area contributed by atoms with Crippen LogP contribution in [0.25, 0.3) is 0 Å². The Labute approximate surface area is 213 Å². The number of likely N-dealkylation sites (N-methyl/N-ethyl adjacent to an activating group) is 1. The average Bonchev–Trinajstić information content (AvgIpc) is 3.37. The van der Waals surface area contributed by atoms with E-state index in [0.717, 1.165) is 21.1 Å². The van der Waals surface area contributed by atoms with Crippen LogP contribution in [0.15, 0.2) is 41.6 Å². The van der Waals surface area contributed by atoms with Gasteiger partial charge in [0.05, 0.1) is 5.71 Å². The highest BCUT2D eigenvalue weighted by molar-refractivity contribution is 6.34. The summed E-state index contributed by atoms with van der Waals surface area (Å²) in [5.74, 6) is -1.49. The molecule has 10 heteroatoms. The Balaban J connectivity index is 1.56. The highest BCUT2D eigenvalue weighted by Crippen LogP contribution is 2.38. The summed E-state index contributed by atoms with van der Waals surface area (Å²) in [5.41, 5.74) is 2.50. The second-order valence-electron chi connectivity index (χ2n) is 8.76. The number of oxime groups is 1. The molecule has 1 saturated heterocycles. The van der Waals surface area contributed by atoms with Gasteiger partial charge < -0.3 is 4.84 Å². The zero-order valence-corrected chi connectivity index (χ0v) is 21.3. The average molecular weight is 518 g/mol. The predicted molar refractivity (Wildman–Crippen MR) is 131 cm³/mol. The van der Waals surface area contributed by atoms with Crippen molar-refractivity contribution in [3.8, 4) is 0 Å². The molecule has 2 heterocycles. The standard InChI is InChI=1S/C25H25Cl2N3O5/c1-5-29-24(33)22(13-34-29)30(15(3)31)23(32)20-7-6-16(8-14(20)2)21-12-25(4,35-28-21)17-9-18(26)11-19(27)10-17/h6-11,22H,5,12-13H2,1-4H3/t22-,25?/m1/s1. The van der Waals surface area contributed by atoms with Gasteiger partial charge >= 0.3 is 0 Å². The Morgan fingerprint density at radius 1 is 1.20 bits per heavy atom. The maximum absolute atomic E-state index is 13.3. The number of amides is 3. The summed E-state index contributed by atoms with van der Waals surface area (Å²) in [6.07, 6.45) is 0.469. The normalized spacial score (nSPS) is 21.7. The predicted octanol–water partition coefficient (Wildman–Crippen LogP) is 4.49. The molecule has 4 rings (SSSR count). The Morgan fingerprint density at radius 3 is 2.46 bits per heavy atom. The molecule has 0 spiro atoms. The molecule has 0 bridgehead atoms. The van der Waals surface area contributed by atoms with Crippen molar-refractivity contribution in [2.75, 3.05) is 13.2 Å². The maximum Gasteiger partial charge on any atom is 0.271 e. The van der Waals surface area contributed by atoms with Gasteiger partial charge in [0.2, 0.25) is 5.91 Å². The first-order valence-corrected chi connectivity index (χ1v) is 11.9. The fourth-order valence-corrected chi connectivity index (χ4v) is 4.85. The van der Waals surface area contributed by atoms with Crippen molar-refractivity contribution in [1.82, 2.24) is 9.96 Å². The molecule has 0 N–H and O–H groups in total. The van der Waals surface area contributed by atoms with Crippen molar-refractivity contribution in [3.63, 3.8) is 0 Å². The molecular formula is C25H25Cl2N3O5. The second-order valence-corrected chi connectivity index (χ2v) is 9.64. The van der Waals surface area contributed by atoms with Gasteiger partial charge in [-0.25, -0.2) is 5.06 Å². The Morgan fingerprint density at radius 2 is 1.89 bits per heavy atom. The largest absolute Gasteiger partial charge is 0.384 e. The third-order valence-electron chi connectivity index (χ3n) is 6.20. The molecule has 2 aromatic carbocycles. The van der Waals surface area contributed by atoms with Crippen LogP contribution in [0.2, 0.25) is 10.0 Å². The fraction of sp³-hybridized carbons (Fsp3) is 0.360. The van der Waals surface area contributed by atoms with E-state index in [9.17, 15) is 14.4 Å². The minimum Gasteiger partial charge on any atom is -0.384 e. The molecule has 0 aliphatic carbocycles. The first-order chi connectivity index (χ1) is 16.5. The lowest BCUT2D eigenvalue weighted by Gasteiger charge is -2.24. The molecule has 1 unspecified atom stereocenters. The number of carbonyl (C=O) groups is 3. The lowest BCUT2D eigenvalue weighted by molar-refractivity contribution is -0.160. The Kier molecular flexibility index (Phi) is 6.90. The molecular weight excluding hydrogens is 493 g/mol. The van der Waals surface area contributed by atoms with E-state index in [1.807, 2.05) is 13.0 Å². The van der Waals surface area contributed by atoms with Crippen LogP contribution in [0.5, 0.6) is 0 Å². The first kappa shape index (κ1) is 25.2. The van der Waals surface area contributed by atoms with Crippen molar-refractivity contribution >= 4 is 46.6 Å². The number of carbonyl (C=O) groups excluding carboxylic acids is 3. The van der Waals surface area contributed by atoms with E-state index < -0.39 is 29.4 Å². The summed E-state index contributed by atoms with van der Waals surface area (Å²) in [6.45, 7) is 6.96. The van der Waals surface area contributed by atoms with Crippen molar-refractivity contribution < 1.29 is 24.1 Å². The first-order valence-electron chi connectivity index (χ1n) is 11.1. The van der Waals surface area contributed by atoms with E-state index in [2.05, 4.69) is 5.16 Å². The summed E-state index contributed by atoms with van der Waals surface area (Å²) >= 11 is 12.3. The van der Waals surface area contributed by atoms with Crippen LogP contribution >= 0.6 is 23.2 Å². The number of imide groups is 1. The summed E-state index contributed by atoms with van der Waals surface area (Å²) in [6, 6.07) is 9.46. The summed E-state index contributed by atoms with van der Waals surface area (Å²) in [7, 11) is 0. The number of hydroxylamine groups is 2. The molecule has 0 radical (unpaired) electrons. The maximum atomic E-state index is 13.3. The highest BCUT2D eigenvalue weighted by Gasteiger charge is 2.42. The molecule has 2 aromatic rings. The summed E-state index contributed by atoms with van der Waals surface area (Å²) in [4.78, 5) is 50.3. The van der Waals surface area contributed by atoms with Crippen LogP contribution in [-0.2, 0) is 24.9 Å². The van der Waals surface area contributed by atoms with Gasteiger partial charge in [-0.15, -0.1) is 0 Å². The van der Waals surface area contributed by atoms with Gasteiger partial charge in [-0.05, 0) is 62.2 Å².